The van der Waals surface area contributed by atoms with Crippen LogP contribution in [0.5, 0.6) is 0 Å². The molecule has 2 atom stereocenters. The first-order valence-electron chi connectivity index (χ1n) is 16.3. The fourth-order valence-corrected chi connectivity index (χ4v) is 6.77. The van der Waals surface area contributed by atoms with Gasteiger partial charge in [-0.25, -0.2) is 9.79 Å². The Labute approximate surface area is 265 Å². The maximum absolute atomic E-state index is 13.8. The van der Waals surface area contributed by atoms with Crippen LogP contribution >= 0.6 is 0 Å². The number of benzene rings is 2. The van der Waals surface area contributed by atoms with Gasteiger partial charge in [0.25, 0.3) is 0 Å². The number of aliphatic imine (C=N–C) groups is 1. The predicted octanol–water partition coefficient (Wildman–Crippen LogP) is 3.36. The monoisotopic (exact) mass is 612 g/mol. The summed E-state index contributed by atoms with van der Waals surface area (Å²) in [6, 6.07) is 20.6. The molecule has 0 spiro atoms. The van der Waals surface area contributed by atoms with Gasteiger partial charge >= 0.3 is 11.7 Å². The molecule has 0 bridgehead atoms. The SMILES string of the molecule is CCOC(=O)C1C(C)=Nc2c(c(N3CCN(CCc4ccccc4)CC3)nc(=O)n2CCN2CCOCC2)C1c1ccccc1. The third kappa shape index (κ3) is 7.03. The molecule has 2 fully saturated rings. The van der Waals surface area contributed by atoms with Crippen LogP contribution in [0, 0.1) is 5.92 Å². The van der Waals surface area contributed by atoms with Gasteiger partial charge in [-0.2, -0.15) is 4.98 Å². The first-order valence-corrected chi connectivity index (χ1v) is 16.3. The second-order valence-corrected chi connectivity index (χ2v) is 12.0. The van der Waals surface area contributed by atoms with Gasteiger partial charge in [-0.3, -0.25) is 19.2 Å². The van der Waals surface area contributed by atoms with Crippen LogP contribution in [-0.2, 0) is 27.2 Å². The molecule has 2 aromatic carbocycles. The highest BCUT2D eigenvalue weighted by atomic mass is 16.5. The van der Waals surface area contributed by atoms with E-state index in [2.05, 4.69) is 39.0 Å². The number of esters is 1. The van der Waals surface area contributed by atoms with Crippen LogP contribution in [0.1, 0.15) is 36.5 Å². The van der Waals surface area contributed by atoms with Gasteiger partial charge in [0, 0.05) is 76.1 Å². The summed E-state index contributed by atoms with van der Waals surface area (Å²) < 4.78 is 12.9. The van der Waals surface area contributed by atoms with Gasteiger partial charge in [0.05, 0.1) is 19.8 Å². The molecule has 45 heavy (non-hydrogen) atoms. The molecule has 0 aliphatic carbocycles. The minimum atomic E-state index is -0.613. The Hall–Kier alpha value is -3.86. The normalized spacial score (nSPS) is 20.8. The number of aromatic nitrogens is 2. The average molecular weight is 613 g/mol. The molecule has 0 radical (unpaired) electrons. The Balaban J connectivity index is 1.37. The number of hydrogen-bond acceptors (Lipinski definition) is 9. The molecule has 238 valence electrons. The standard InChI is InChI=1S/C35H44N6O4/c1-3-45-34(42)29-26(2)36-33-31(30(29)28-12-8-5-9-13-28)32(37-35(43)41(33)21-18-39-22-24-44-25-23-39)40-19-16-38(17-20-40)15-14-27-10-6-4-7-11-27/h4-13,29-30H,3,14-25H2,1-2H3. The van der Waals surface area contributed by atoms with Crippen molar-refractivity contribution in [1.29, 1.82) is 0 Å². The smallest absolute Gasteiger partial charge is 0.351 e. The van der Waals surface area contributed by atoms with Gasteiger partial charge in [0.2, 0.25) is 0 Å². The van der Waals surface area contributed by atoms with E-state index in [9.17, 15) is 9.59 Å². The van der Waals surface area contributed by atoms with E-state index in [0.29, 0.717) is 43.7 Å². The molecule has 0 amide bonds. The van der Waals surface area contributed by atoms with Crippen molar-refractivity contribution in [2.75, 3.05) is 77.1 Å². The molecule has 10 heteroatoms. The van der Waals surface area contributed by atoms with E-state index in [1.54, 1.807) is 4.57 Å². The quantitative estimate of drug-likeness (QED) is 0.322. The molecule has 0 N–H and O–H groups in total. The molecule has 1 aromatic heterocycles. The molecule has 4 heterocycles. The molecular weight excluding hydrogens is 568 g/mol. The van der Waals surface area contributed by atoms with Crippen LogP contribution in [0.4, 0.5) is 11.6 Å². The van der Waals surface area contributed by atoms with Gasteiger partial charge < -0.3 is 14.4 Å². The van der Waals surface area contributed by atoms with Gasteiger partial charge in [-0.05, 0) is 31.4 Å². The summed E-state index contributed by atoms with van der Waals surface area (Å²) in [5.41, 5.74) is 3.50. The Morgan fingerprint density at radius 2 is 1.56 bits per heavy atom. The Morgan fingerprint density at radius 1 is 0.889 bits per heavy atom. The van der Waals surface area contributed by atoms with Crippen LogP contribution in [0.3, 0.4) is 0 Å². The van der Waals surface area contributed by atoms with E-state index < -0.39 is 5.92 Å². The van der Waals surface area contributed by atoms with E-state index >= 15 is 0 Å². The van der Waals surface area contributed by atoms with Crippen molar-refractivity contribution < 1.29 is 14.3 Å². The number of anilines is 1. The van der Waals surface area contributed by atoms with Crippen molar-refractivity contribution in [1.82, 2.24) is 19.4 Å². The highest BCUT2D eigenvalue weighted by Gasteiger charge is 2.43. The van der Waals surface area contributed by atoms with E-state index in [4.69, 9.17) is 19.5 Å². The Morgan fingerprint density at radius 3 is 2.24 bits per heavy atom. The second kappa shape index (κ2) is 14.5. The number of piperazine rings is 1. The number of nitrogens with zero attached hydrogens (tertiary/aromatic N) is 6. The van der Waals surface area contributed by atoms with Crippen molar-refractivity contribution in [3.05, 3.63) is 87.8 Å². The molecular formula is C35H44N6O4. The third-order valence-corrected chi connectivity index (χ3v) is 9.22. The number of morpholine rings is 1. The van der Waals surface area contributed by atoms with Gasteiger partial charge in [-0.1, -0.05) is 60.7 Å². The highest BCUT2D eigenvalue weighted by Crippen LogP contribution is 2.46. The molecule has 2 saturated heterocycles. The maximum Gasteiger partial charge on any atom is 0.351 e. The largest absolute Gasteiger partial charge is 0.465 e. The molecule has 10 nitrogen and oxygen atoms in total. The van der Waals surface area contributed by atoms with E-state index in [1.165, 1.54) is 5.56 Å². The Bertz CT molecular complexity index is 1530. The summed E-state index contributed by atoms with van der Waals surface area (Å²) >= 11 is 0. The number of hydrogen-bond donors (Lipinski definition) is 0. The predicted molar refractivity (Wildman–Crippen MR) is 176 cm³/mol. The second-order valence-electron chi connectivity index (χ2n) is 12.0. The zero-order valence-corrected chi connectivity index (χ0v) is 26.4. The number of carbonyl (C=O) groups is 1. The fraction of sp³-hybridized carbons (Fsp3) is 0.486. The maximum atomic E-state index is 13.8. The summed E-state index contributed by atoms with van der Waals surface area (Å²) in [6.07, 6.45) is 0.999. The Kier molecular flexibility index (Phi) is 10.0. The van der Waals surface area contributed by atoms with Crippen LogP contribution < -0.4 is 10.6 Å². The fourth-order valence-electron chi connectivity index (χ4n) is 6.77. The van der Waals surface area contributed by atoms with Crippen molar-refractivity contribution in [3.63, 3.8) is 0 Å². The number of rotatable bonds is 10. The molecule has 6 rings (SSSR count). The summed E-state index contributed by atoms with van der Waals surface area (Å²) in [6.45, 7) is 12.4. The minimum absolute atomic E-state index is 0.284. The molecule has 3 aromatic rings. The molecule has 2 unspecified atom stereocenters. The average Bonchev–Trinajstić information content (AvgIpc) is 3.08. The van der Waals surface area contributed by atoms with Gasteiger partial charge in [0.15, 0.2) is 0 Å². The highest BCUT2D eigenvalue weighted by molar-refractivity contribution is 6.05. The van der Waals surface area contributed by atoms with Crippen molar-refractivity contribution in [2.24, 2.45) is 10.9 Å². The third-order valence-electron chi connectivity index (χ3n) is 9.22. The minimum Gasteiger partial charge on any atom is -0.465 e. The van der Waals surface area contributed by atoms with Crippen molar-refractivity contribution in [3.8, 4) is 0 Å². The number of fused-ring (bicyclic) bond motifs is 1. The first kappa shape index (κ1) is 31.1. The lowest BCUT2D eigenvalue weighted by molar-refractivity contribution is -0.146. The molecule has 3 aliphatic heterocycles. The van der Waals surface area contributed by atoms with Gasteiger partial charge in [-0.15, -0.1) is 0 Å². The van der Waals surface area contributed by atoms with Gasteiger partial charge in [0.1, 0.15) is 17.6 Å². The summed E-state index contributed by atoms with van der Waals surface area (Å²) in [5, 5.41) is 0. The first-order chi connectivity index (χ1) is 22.0. The van der Waals surface area contributed by atoms with Crippen molar-refractivity contribution >= 4 is 23.3 Å². The summed E-state index contributed by atoms with van der Waals surface area (Å²) in [4.78, 5) is 44.2. The lowest BCUT2D eigenvalue weighted by atomic mass is 9.76. The zero-order chi connectivity index (χ0) is 31.2. The van der Waals surface area contributed by atoms with E-state index in [0.717, 1.165) is 63.4 Å². The molecule has 0 saturated carbocycles. The van der Waals surface area contributed by atoms with E-state index in [1.807, 2.05) is 50.2 Å². The molecule has 3 aliphatic rings. The number of carbonyl (C=O) groups excluding carboxylic acids is 1. The summed E-state index contributed by atoms with van der Waals surface area (Å²) in [7, 11) is 0. The van der Waals surface area contributed by atoms with E-state index in [-0.39, 0.29) is 24.2 Å². The van der Waals surface area contributed by atoms with Crippen LogP contribution in [-0.4, -0.2) is 103 Å². The lowest BCUT2D eigenvalue weighted by Gasteiger charge is -2.39. The topological polar surface area (TPSA) is 92.5 Å². The van der Waals surface area contributed by atoms with Crippen LogP contribution in [0.25, 0.3) is 0 Å². The van der Waals surface area contributed by atoms with Crippen LogP contribution in [0.15, 0.2) is 70.5 Å². The number of ether oxygens (including phenoxy) is 2. The lowest BCUT2D eigenvalue weighted by Crippen LogP contribution is -2.49. The summed E-state index contributed by atoms with van der Waals surface area (Å²) in [5.74, 6) is -0.0539. The van der Waals surface area contributed by atoms with Crippen molar-refractivity contribution in [2.45, 2.75) is 32.7 Å². The van der Waals surface area contributed by atoms with Crippen LogP contribution in [0.2, 0.25) is 0 Å². The zero-order valence-electron chi connectivity index (χ0n) is 26.4.